The zero-order valence-electron chi connectivity index (χ0n) is 19.0. The van der Waals surface area contributed by atoms with Gasteiger partial charge in [0.2, 0.25) is 5.54 Å². The largest absolute Gasteiger partial charge is 0.458 e. The summed E-state index contributed by atoms with van der Waals surface area (Å²) in [4.78, 5) is 23.4. The molecule has 0 saturated heterocycles. The van der Waals surface area contributed by atoms with Crippen LogP contribution in [-0.2, 0) is 4.74 Å². The number of aliphatic hydroxyl groups is 1. The smallest absolute Gasteiger partial charge is 0.338 e. The molecule has 0 aliphatic heterocycles. The normalized spacial score (nSPS) is 30.5. The monoisotopic (exact) mass is 429 g/mol. The van der Waals surface area contributed by atoms with Gasteiger partial charge in [-0.3, -0.25) is 10.1 Å². The molecule has 1 N–H and O–H groups in total. The molecule has 0 aromatic heterocycles. The predicted octanol–water partition coefficient (Wildman–Crippen LogP) is 5.04. The average molecular weight is 430 g/mol. The topological polar surface area (TPSA) is 89.7 Å². The molecule has 170 valence electrons. The van der Waals surface area contributed by atoms with Gasteiger partial charge in [-0.1, -0.05) is 44.2 Å². The number of carbonyl (C=O) groups excluding carboxylic acids is 1. The molecule has 1 aromatic rings. The maximum Gasteiger partial charge on any atom is 0.338 e. The molecular weight excluding hydrogens is 394 g/mol. The number of fused-ring (bicyclic) bond motifs is 1. The lowest BCUT2D eigenvalue weighted by atomic mass is 9.61. The van der Waals surface area contributed by atoms with Crippen molar-refractivity contribution in [3.8, 4) is 0 Å². The maximum atomic E-state index is 12.6. The van der Waals surface area contributed by atoms with Crippen LogP contribution in [0, 0.1) is 33.3 Å². The van der Waals surface area contributed by atoms with Crippen molar-refractivity contribution in [1.29, 1.82) is 0 Å². The molecule has 0 spiro atoms. The van der Waals surface area contributed by atoms with E-state index in [1.807, 2.05) is 24.3 Å². The molecule has 6 heteroatoms. The number of carbonyl (C=O) groups is 1. The van der Waals surface area contributed by atoms with Crippen molar-refractivity contribution in [3.05, 3.63) is 58.2 Å². The summed E-state index contributed by atoms with van der Waals surface area (Å²) in [5, 5.41) is 21.5. The Hall–Kier alpha value is -2.21. The van der Waals surface area contributed by atoms with Crippen molar-refractivity contribution in [2.45, 2.75) is 77.5 Å². The third-order valence-corrected chi connectivity index (χ3v) is 7.83. The van der Waals surface area contributed by atoms with Crippen LogP contribution in [0.4, 0.5) is 0 Å². The number of hydrogen-bond donors (Lipinski definition) is 1. The molecule has 2 aliphatic carbocycles. The number of hydrogen-bond acceptors (Lipinski definition) is 5. The summed E-state index contributed by atoms with van der Waals surface area (Å²) < 4.78 is 5.98. The number of benzene rings is 1. The van der Waals surface area contributed by atoms with Gasteiger partial charge in [-0.05, 0) is 61.5 Å². The van der Waals surface area contributed by atoms with Gasteiger partial charge in [0.1, 0.15) is 12.2 Å². The number of rotatable bonds is 7. The van der Waals surface area contributed by atoms with Gasteiger partial charge in [0, 0.05) is 24.7 Å². The number of ether oxygens (including phenoxy) is 1. The molecule has 2 fully saturated rings. The lowest BCUT2D eigenvalue weighted by Gasteiger charge is -2.45. The maximum absolute atomic E-state index is 12.6. The van der Waals surface area contributed by atoms with E-state index in [1.54, 1.807) is 18.2 Å². The Kier molecular flexibility index (Phi) is 6.89. The van der Waals surface area contributed by atoms with E-state index in [0.717, 1.165) is 32.1 Å². The lowest BCUT2D eigenvalue weighted by Crippen LogP contribution is -2.43. The third-order valence-electron chi connectivity index (χ3n) is 7.83. The first kappa shape index (κ1) is 23.5. The molecule has 6 nitrogen and oxygen atoms in total. The molecule has 0 radical (unpaired) electrons. The van der Waals surface area contributed by atoms with Crippen LogP contribution in [-0.4, -0.2) is 33.7 Å². The molecule has 2 saturated carbocycles. The number of allylic oxidation sites excluding steroid dienone is 1. The highest BCUT2D eigenvalue weighted by Gasteiger charge is 2.53. The van der Waals surface area contributed by atoms with E-state index in [0.29, 0.717) is 17.4 Å². The molecule has 0 bridgehead atoms. The summed E-state index contributed by atoms with van der Waals surface area (Å²) in [7, 11) is 0. The van der Waals surface area contributed by atoms with E-state index >= 15 is 0 Å². The van der Waals surface area contributed by atoms with Gasteiger partial charge in [0.25, 0.3) is 0 Å². The number of nitrogens with zero attached hydrogens (tertiary/aromatic N) is 1. The quantitative estimate of drug-likeness (QED) is 0.284. The van der Waals surface area contributed by atoms with Crippen LogP contribution in [0.5, 0.6) is 0 Å². The first-order chi connectivity index (χ1) is 14.6. The van der Waals surface area contributed by atoms with Crippen molar-refractivity contribution >= 4 is 5.97 Å². The van der Waals surface area contributed by atoms with Gasteiger partial charge in [-0.25, -0.2) is 4.79 Å². The first-order valence-corrected chi connectivity index (χ1v) is 11.3. The van der Waals surface area contributed by atoms with E-state index in [2.05, 4.69) is 13.8 Å². The SMILES string of the molecule is C[C@H](/C=C/C(O)C(C)(C)[N+](=O)[O-])C1CCC2[C@@H](OC(=O)c3ccccc3)CCC[C@@]12C. The highest BCUT2D eigenvalue weighted by molar-refractivity contribution is 5.89. The summed E-state index contributed by atoms with van der Waals surface area (Å²) in [6, 6.07) is 9.14. The fourth-order valence-electron chi connectivity index (χ4n) is 5.70. The second-order valence-corrected chi connectivity index (χ2v) is 10.1. The minimum atomic E-state index is -1.42. The van der Waals surface area contributed by atoms with Gasteiger partial charge in [-0.15, -0.1) is 0 Å². The molecule has 0 heterocycles. The fourth-order valence-corrected chi connectivity index (χ4v) is 5.70. The van der Waals surface area contributed by atoms with Crippen LogP contribution in [0.1, 0.15) is 70.2 Å². The fraction of sp³-hybridized carbons (Fsp3) is 0.640. The van der Waals surface area contributed by atoms with Gasteiger partial charge >= 0.3 is 5.97 Å². The van der Waals surface area contributed by atoms with Gasteiger partial charge in [-0.2, -0.15) is 0 Å². The lowest BCUT2D eigenvalue weighted by molar-refractivity contribution is -0.570. The Balaban J connectivity index is 1.69. The Bertz CT molecular complexity index is 820. The standard InChI is InChI=1S/C25H35NO5/c1-17(12-15-22(27)24(2,3)26(29)30)19-13-14-20-21(11-8-16-25(19,20)4)31-23(28)18-9-6-5-7-10-18/h5-7,9-10,12,15,17,19-22,27H,8,11,13-14,16H2,1-4H3/b15-12+/t17-,19?,20?,21+,22?,25+/m1/s1. The average Bonchev–Trinajstić information content (AvgIpc) is 3.10. The second-order valence-electron chi connectivity index (χ2n) is 10.1. The van der Waals surface area contributed by atoms with Crippen molar-refractivity contribution < 1.29 is 19.6 Å². The summed E-state index contributed by atoms with van der Waals surface area (Å²) >= 11 is 0. The number of esters is 1. The van der Waals surface area contributed by atoms with Crippen LogP contribution in [0.25, 0.3) is 0 Å². The highest BCUT2D eigenvalue weighted by atomic mass is 16.6. The van der Waals surface area contributed by atoms with Crippen molar-refractivity contribution in [3.63, 3.8) is 0 Å². The van der Waals surface area contributed by atoms with Crippen LogP contribution < -0.4 is 0 Å². The Labute approximate surface area is 184 Å². The molecule has 31 heavy (non-hydrogen) atoms. The molecule has 6 atom stereocenters. The molecule has 3 unspecified atom stereocenters. The molecule has 3 rings (SSSR count). The van der Waals surface area contributed by atoms with E-state index in [-0.39, 0.29) is 23.4 Å². The van der Waals surface area contributed by atoms with E-state index in [9.17, 15) is 20.0 Å². The van der Waals surface area contributed by atoms with Gasteiger partial charge in [0.05, 0.1) is 5.56 Å². The van der Waals surface area contributed by atoms with Gasteiger partial charge in [0.15, 0.2) is 0 Å². The first-order valence-electron chi connectivity index (χ1n) is 11.3. The van der Waals surface area contributed by atoms with E-state index < -0.39 is 16.6 Å². The Morgan fingerprint density at radius 2 is 1.94 bits per heavy atom. The summed E-state index contributed by atoms with van der Waals surface area (Å²) in [6.07, 6.45) is 7.34. The minimum absolute atomic E-state index is 0.0488. The molecule has 0 amide bonds. The number of nitro groups is 1. The Morgan fingerprint density at radius 1 is 1.26 bits per heavy atom. The number of aliphatic hydroxyl groups excluding tert-OH is 1. The summed E-state index contributed by atoms with van der Waals surface area (Å²) in [5.74, 6) is 0.625. The van der Waals surface area contributed by atoms with Crippen LogP contribution >= 0.6 is 0 Å². The van der Waals surface area contributed by atoms with Crippen molar-refractivity contribution in [1.82, 2.24) is 0 Å². The van der Waals surface area contributed by atoms with Crippen molar-refractivity contribution in [2.24, 2.45) is 23.2 Å². The van der Waals surface area contributed by atoms with E-state index in [4.69, 9.17) is 4.74 Å². The Morgan fingerprint density at radius 3 is 2.58 bits per heavy atom. The zero-order chi connectivity index (χ0) is 22.8. The third kappa shape index (κ3) is 4.69. The predicted molar refractivity (Wildman–Crippen MR) is 119 cm³/mol. The van der Waals surface area contributed by atoms with Crippen LogP contribution in [0.3, 0.4) is 0 Å². The summed E-state index contributed by atoms with van der Waals surface area (Å²) in [6.45, 7) is 7.30. The molecular formula is C25H35NO5. The van der Waals surface area contributed by atoms with E-state index in [1.165, 1.54) is 13.8 Å². The molecule has 2 aliphatic rings. The van der Waals surface area contributed by atoms with Crippen LogP contribution in [0.2, 0.25) is 0 Å². The van der Waals surface area contributed by atoms with Crippen LogP contribution in [0.15, 0.2) is 42.5 Å². The second kappa shape index (κ2) is 9.11. The summed E-state index contributed by atoms with van der Waals surface area (Å²) in [5.41, 5.74) is -0.782. The molecule has 1 aromatic carbocycles. The minimum Gasteiger partial charge on any atom is -0.458 e. The zero-order valence-corrected chi connectivity index (χ0v) is 19.0. The highest BCUT2D eigenvalue weighted by Crippen LogP contribution is 2.58. The van der Waals surface area contributed by atoms with Gasteiger partial charge < -0.3 is 9.84 Å². The van der Waals surface area contributed by atoms with Crippen molar-refractivity contribution in [2.75, 3.05) is 0 Å².